The summed E-state index contributed by atoms with van der Waals surface area (Å²) >= 11 is 0. The highest BCUT2D eigenvalue weighted by molar-refractivity contribution is 5.92. The van der Waals surface area contributed by atoms with Gasteiger partial charge in [-0.2, -0.15) is 0 Å². The predicted octanol–water partition coefficient (Wildman–Crippen LogP) is 1.08. The van der Waals surface area contributed by atoms with Crippen molar-refractivity contribution in [3.8, 4) is 0 Å². The van der Waals surface area contributed by atoms with Crippen LogP contribution in [0.3, 0.4) is 0 Å². The molecule has 2 N–H and O–H groups in total. The van der Waals surface area contributed by atoms with Gasteiger partial charge in [0.05, 0.1) is 0 Å². The topological polar surface area (TPSA) is 113 Å². The molecule has 2 aliphatic heterocycles. The normalized spacial score (nSPS) is 28.0. The van der Waals surface area contributed by atoms with Gasteiger partial charge in [0, 0.05) is 18.9 Å². The minimum atomic E-state index is -1.09. The summed E-state index contributed by atoms with van der Waals surface area (Å²) in [5.74, 6) is -1.57. The largest absolute Gasteiger partial charge is 0.480 e. The summed E-state index contributed by atoms with van der Waals surface area (Å²) in [5.41, 5.74) is -0.718. The van der Waals surface area contributed by atoms with Crippen molar-refractivity contribution >= 4 is 23.8 Å². The van der Waals surface area contributed by atoms with E-state index >= 15 is 0 Å². The fourth-order valence-corrected chi connectivity index (χ4v) is 3.22. The standard InChI is InChI=1S/C16H24N2O6/c1-16(2,3)24-15(23)17-11-6-5-10(19)8-9-4-7-12(14(21)22)18(9)13(11)20/h9,11-12H,4-8H2,1-3H3,(H,17,23)(H,21,22)/t9-,11+,12+/m1/s1. The Labute approximate surface area is 140 Å². The number of carboxylic acid groups (broad SMARTS) is 1. The number of fused-ring (bicyclic) bond motifs is 1. The Bertz CT molecular complexity index is 553. The predicted molar refractivity (Wildman–Crippen MR) is 83.3 cm³/mol. The number of aliphatic carboxylic acids is 1. The molecule has 24 heavy (non-hydrogen) atoms. The molecule has 2 aliphatic rings. The number of hydrogen-bond acceptors (Lipinski definition) is 5. The van der Waals surface area contributed by atoms with E-state index in [2.05, 4.69) is 5.32 Å². The summed E-state index contributed by atoms with van der Waals surface area (Å²) in [5, 5.41) is 11.8. The number of carbonyl (C=O) groups excluding carboxylic acids is 3. The zero-order valence-corrected chi connectivity index (χ0v) is 14.2. The van der Waals surface area contributed by atoms with Crippen LogP contribution in [0.2, 0.25) is 0 Å². The summed E-state index contributed by atoms with van der Waals surface area (Å²) in [6.45, 7) is 5.10. The summed E-state index contributed by atoms with van der Waals surface area (Å²) in [4.78, 5) is 49.4. The third-order valence-electron chi connectivity index (χ3n) is 4.21. The van der Waals surface area contributed by atoms with Crippen molar-refractivity contribution in [1.82, 2.24) is 10.2 Å². The van der Waals surface area contributed by atoms with E-state index < -0.39 is 41.7 Å². The minimum Gasteiger partial charge on any atom is -0.480 e. The van der Waals surface area contributed by atoms with Crippen LogP contribution in [-0.4, -0.2) is 57.5 Å². The van der Waals surface area contributed by atoms with Gasteiger partial charge in [-0.1, -0.05) is 0 Å². The molecule has 2 heterocycles. The van der Waals surface area contributed by atoms with E-state index in [0.29, 0.717) is 12.8 Å². The van der Waals surface area contributed by atoms with Gasteiger partial charge in [0.15, 0.2) is 0 Å². The van der Waals surface area contributed by atoms with Crippen LogP contribution in [-0.2, 0) is 19.1 Å². The molecule has 3 atom stereocenters. The van der Waals surface area contributed by atoms with E-state index in [0.717, 1.165) is 0 Å². The van der Waals surface area contributed by atoms with Crippen molar-refractivity contribution in [2.45, 2.75) is 76.6 Å². The van der Waals surface area contributed by atoms with Crippen molar-refractivity contribution in [3.05, 3.63) is 0 Å². The molecule has 0 radical (unpaired) electrons. The molecular formula is C16H24N2O6. The maximum Gasteiger partial charge on any atom is 0.408 e. The molecule has 0 aliphatic carbocycles. The summed E-state index contributed by atoms with van der Waals surface area (Å²) in [6, 6.07) is -2.31. The zero-order chi connectivity index (χ0) is 18.1. The Morgan fingerprint density at radius 1 is 1.21 bits per heavy atom. The number of rotatable bonds is 2. The third-order valence-corrected chi connectivity index (χ3v) is 4.21. The zero-order valence-electron chi connectivity index (χ0n) is 14.2. The molecule has 2 rings (SSSR count). The number of alkyl carbamates (subject to hydrolysis) is 1. The summed E-state index contributed by atoms with van der Waals surface area (Å²) in [7, 11) is 0. The van der Waals surface area contributed by atoms with E-state index in [9.17, 15) is 24.3 Å². The van der Waals surface area contributed by atoms with Crippen molar-refractivity contribution in [2.24, 2.45) is 0 Å². The highest BCUT2D eigenvalue weighted by Gasteiger charge is 2.45. The first-order valence-electron chi connectivity index (χ1n) is 8.14. The van der Waals surface area contributed by atoms with E-state index in [1.165, 1.54) is 4.90 Å². The van der Waals surface area contributed by atoms with Gasteiger partial charge in [-0.25, -0.2) is 9.59 Å². The Morgan fingerprint density at radius 2 is 1.88 bits per heavy atom. The number of carbonyl (C=O) groups is 4. The Morgan fingerprint density at radius 3 is 2.46 bits per heavy atom. The maximum atomic E-state index is 12.8. The molecular weight excluding hydrogens is 316 g/mol. The summed E-state index contributed by atoms with van der Waals surface area (Å²) in [6.07, 6.45) is 0.540. The number of hydrogen-bond donors (Lipinski definition) is 2. The number of ketones is 1. The van der Waals surface area contributed by atoms with Crippen molar-refractivity contribution < 1.29 is 29.0 Å². The lowest BCUT2D eigenvalue weighted by molar-refractivity contribution is -0.151. The second kappa shape index (κ2) is 6.78. The molecule has 0 saturated carbocycles. The van der Waals surface area contributed by atoms with Gasteiger partial charge in [-0.15, -0.1) is 0 Å². The SMILES string of the molecule is CC(C)(C)OC(=O)N[C@H]1CCC(=O)C[C@H]2CC[C@@H](C(=O)O)N2C1=O. The Hall–Kier alpha value is -2.12. The number of ether oxygens (including phenoxy) is 1. The number of nitrogens with one attached hydrogen (secondary N) is 1. The van der Waals surface area contributed by atoms with Crippen LogP contribution < -0.4 is 5.32 Å². The average Bonchev–Trinajstić information content (AvgIpc) is 2.82. The van der Waals surface area contributed by atoms with Gasteiger partial charge in [0.2, 0.25) is 5.91 Å². The number of Topliss-reactive ketones (excluding diaryl/α,β-unsaturated/α-hetero) is 1. The first-order chi connectivity index (χ1) is 11.1. The van der Waals surface area contributed by atoms with E-state index in [4.69, 9.17) is 4.74 Å². The van der Waals surface area contributed by atoms with E-state index in [1.807, 2.05) is 0 Å². The third kappa shape index (κ3) is 4.24. The van der Waals surface area contributed by atoms with Crippen molar-refractivity contribution in [3.63, 3.8) is 0 Å². The monoisotopic (exact) mass is 340 g/mol. The van der Waals surface area contributed by atoms with E-state index in [-0.39, 0.29) is 25.0 Å². The van der Waals surface area contributed by atoms with Crippen LogP contribution in [0.15, 0.2) is 0 Å². The fraction of sp³-hybridized carbons (Fsp3) is 0.750. The van der Waals surface area contributed by atoms with Gasteiger partial charge in [0.25, 0.3) is 0 Å². The Balaban J connectivity index is 2.18. The van der Waals surface area contributed by atoms with Crippen LogP contribution in [0, 0.1) is 0 Å². The average molecular weight is 340 g/mol. The molecule has 0 aromatic rings. The molecule has 8 heteroatoms. The Kier molecular flexibility index (Phi) is 5.15. The summed E-state index contributed by atoms with van der Waals surface area (Å²) < 4.78 is 5.15. The quantitative estimate of drug-likeness (QED) is 0.777. The second-order valence-corrected chi connectivity index (χ2v) is 7.31. The smallest absolute Gasteiger partial charge is 0.408 e. The van der Waals surface area contributed by atoms with Gasteiger partial charge < -0.3 is 20.1 Å². The lowest BCUT2D eigenvalue weighted by atomic mass is 9.98. The molecule has 2 saturated heterocycles. The molecule has 2 amide bonds. The fourth-order valence-electron chi connectivity index (χ4n) is 3.22. The molecule has 2 fully saturated rings. The molecule has 8 nitrogen and oxygen atoms in total. The second-order valence-electron chi connectivity index (χ2n) is 7.31. The van der Waals surface area contributed by atoms with Gasteiger partial charge in [-0.3, -0.25) is 9.59 Å². The first-order valence-corrected chi connectivity index (χ1v) is 8.14. The first kappa shape index (κ1) is 18.2. The minimum absolute atomic E-state index is 0.0282. The molecule has 0 unspecified atom stereocenters. The van der Waals surface area contributed by atoms with Crippen LogP contribution in [0.5, 0.6) is 0 Å². The number of amides is 2. The van der Waals surface area contributed by atoms with Crippen LogP contribution in [0.25, 0.3) is 0 Å². The van der Waals surface area contributed by atoms with Crippen LogP contribution in [0.4, 0.5) is 4.79 Å². The molecule has 134 valence electrons. The van der Waals surface area contributed by atoms with E-state index in [1.54, 1.807) is 20.8 Å². The van der Waals surface area contributed by atoms with Crippen molar-refractivity contribution in [1.29, 1.82) is 0 Å². The highest BCUT2D eigenvalue weighted by Crippen LogP contribution is 2.30. The highest BCUT2D eigenvalue weighted by atomic mass is 16.6. The lowest BCUT2D eigenvalue weighted by Crippen LogP contribution is -2.56. The van der Waals surface area contributed by atoms with Crippen LogP contribution in [0.1, 0.15) is 52.9 Å². The van der Waals surface area contributed by atoms with Gasteiger partial charge >= 0.3 is 12.1 Å². The van der Waals surface area contributed by atoms with Crippen molar-refractivity contribution in [2.75, 3.05) is 0 Å². The van der Waals surface area contributed by atoms with Gasteiger partial charge in [0.1, 0.15) is 23.5 Å². The molecule has 0 aromatic heterocycles. The molecule has 0 bridgehead atoms. The number of nitrogens with zero attached hydrogens (tertiary/aromatic N) is 1. The maximum absolute atomic E-state index is 12.8. The molecule has 0 aromatic carbocycles. The lowest BCUT2D eigenvalue weighted by Gasteiger charge is -2.34. The van der Waals surface area contributed by atoms with Gasteiger partial charge in [-0.05, 0) is 40.0 Å². The van der Waals surface area contributed by atoms with Crippen LogP contribution >= 0.6 is 0 Å². The molecule has 0 spiro atoms. The number of carboxylic acids is 1.